The van der Waals surface area contributed by atoms with Gasteiger partial charge in [-0.3, -0.25) is 0 Å². The molecular weight excluding hydrogens is 310 g/mol. The maximum atomic E-state index is 8.93. The average Bonchev–Trinajstić information content (AvgIpc) is 2.81. The largest absolute Gasteiger partial charge is 0.381 e. The summed E-state index contributed by atoms with van der Waals surface area (Å²) in [7, 11) is 0. The van der Waals surface area contributed by atoms with E-state index in [1.54, 1.807) is 29.5 Å². The molecule has 0 saturated heterocycles. The van der Waals surface area contributed by atoms with Crippen molar-refractivity contribution < 1.29 is 0 Å². The number of nitrogens with zero attached hydrogens (tertiary/aromatic N) is 2. The van der Waals surface area contributed by atoms with E-state index in [1.165, 1.54) is 5.56 Å². The Labute approximate surface area is 117 Å². The van der Waals surface area contributed by atoms with Crippen molar-refractivity contribution in [1.82, 2.24) is 0 Å². The molecule has 0 unspecified atom stereocenters. The molecular formula is C13H8BrN3S. The third kappa shape index (κ3) is 2.89. The minimum atomic E-state index is 0.397. The summed E-state index contributed by atoms with van der Waals surface area (Å²) in [5, 5.41) is 23.0. The van der Waals surface area contributed by atoms with Crippen molar-refractivity contribution in [3.05, 3.63) is 50.1 Å². The smallest absolute Gasteiger partial charge is 0.101 e. The highest BCUT2D eigenvalue weighted by molar-refractivity contribution is 9.11. The van der Waals surface area contributed by atoms with Gasteiger partial charge in [0.1, 0.15) is 12.1 Å². The molecule has 5 heteroatoms. The van der Waals surface area contributed by atoms with Gasteiger partial charge >= 0.3 is 0 Å². The second kappa shape index (κ2) is 5.68. The van der Waals surface area contributed by atoms with Gasteiger partial charge in [-0.15, -0.1) is 11.3 Å². The summed E-state index contributed by atoms with van der Waals surface area (Å²) in [6, 6.07) is 11.2. The Morgan fingerprint density at radius 2 is 1.94 bits per heavy atom. The zero-order valence-corrected chi connectivity index (χ0v) is 11.7. The number of nitriles is 2. The Kier molecular flexibility index (Phi) is 3.99. The van der Waals surface area contributed by atoms with Crippen LogP contribution in [0.25, 0.3) is 0 Å². The van der Waals surface area contributed by atoms with E-state index in [2.05, 4.69) is 26.6 Å². The number of anilines is 1. The van der Waals surface area contributed by atoms with Gasteiger partial charge in [0.15, 0.2) is 0 Å². The Morgan fingerprint density at radius 3 is 2.56 bits per heavy atom. The first-order valence-corrected chi connectivity index (χ1v) is 6.81. The first kappa shape index (κ1) is 12.6. The summed E-state index contributed by atoms with van der Waals surface area (Å²) >= 11 is 5.05. The zero-order valence-electron chi connectivity index (χ0n) is 9.27. The van der Waals surface area contributed by atoms with Gasteiger partial charge in [-0.25, -0.2) is 0 Å². The van der Waals surface area contributed by atoms with Crippen LogP contribution in [0.2, 0.25) is 0 Å². The van der Waals surface area contributed by atoms with Crippen molar-refractivity contribution in [2.45, 2.75) is 6.54 Å². The quantitative estimate of drug-likeness (QED) is 0.934. The molecule has 88 valence electrons. The third-order valence-corrected chi connectivity index (χ3v) is 3.93. The predicted molar refractivity (Wildman–Crippen MR) is 75.2 cm³/mol. The molecule has 0 spiro atoms. The standard InChI is InChI=1S/C13H8BrN3S/c14-13-3-9(8-18-13)7-17-12-2-1-10(5-15)11(4-12)6-16/h1-4,8,17H,7H2. The zero-order chi connectivity index (χ0) is 13.0. The minimum Gasteiger partial charge on any atom is -0.381 e. The van der Waals surface area contributed by atoms with Gasteiger partial charge in [-0.05, 0) is 51.1 Å². The molecule has 3 nitrogen and oxygen atoms in total. The monoisotopic (exact) mass is 317 g/mol. The van der Waals surface area contributed by atoms with Crippen molar-refractivity contribution in [1.29, 1.82) is 10.5 Å². The van der Waals surface area contributed by atoms with Crippen LogP contribution in [-0.4, -0.2) is 0 Å². The van der Waals surface area contributed by atoms with E-state index >= 15 is 0 Å². The number of halogens is 1. The number of hydrogen-bond acceptors (Lipinski definition) is 4. The topological polar surface area (TPSA) is 59.6 Å². The minimum absolute atomic E-state index is 0.397. The fourth-order valence-corrected chi connectivity index (χ4v) is 2.70. The van der Waals surface area contributed by atoms with Crippen molar-refractivity contribution in [3.8, 4) is 12.1 Å². The molecule has 0 bridgehead atoms. The molecule has 1 heterocycles. The van der Waals surface area contributed by atoms with Gasteiger partial charge < -0.3 is 5.32 Å². The second-order valence-electron chi connectivity index (χ2n) is 3.60. The fourth-order valence-electron chi connectivity index (χ4n) is 1.49. The highest BCUT2D eigenvalue weighted by Gasteiger charge is 2.03. The molecule has 0 radical (unpaired) electrons. The van der Waals surface area contributed by atoms with Gasteiger partial charge in [0.05, 0.1) is 14.9 Å². The predicted octanol–water partition coefficient (Wildman–Crippen LogP) is 3.87. The third-order valence-electron chi connectivity index (χ3n) is 2.38. The molecule has 0 fully saturated rings. The molecule has 2 rings (SSSR count). The van der Waals surface area contributed by atoms with Crippen LogP contribution in [0.4, 0.5) is 5.69 Å². The lowest BCUT2D eigenvalue weighted by atomic mass is 10.1. The van der Waals surface area contributed by atoms with E-state index in [9.17, 15) is 0 Å². The first-order valence-electron chi connectivity index (χ1n) is 5.14. The Bertz CT molecular complexity index is 649. The van der Waals surface area contributed by atoms with Crippen LogP contribution in [0.5, 0.6) is 0 Å². The van der Waals surface area contributed by atoms with Crippen LogP contribution in [0.1, 0.15) is 16.7 Å². The average molecular weight is 318 g/mol. The highest BCUT2D eigenvalue weighted by Crippen LogP contribution is 2.22. The van der Waals surface area contributed by atoms with E-state index in [0.29, 0.717) is 17.7 Å². The van der Waals surface area contributed by atoms with E-state index in [-0.39, 0.29) is 0 Å². The van der Waals surface area contributed by atoms with Crippen LogP contribution >= 0.6 is 27.3 Å². The van der Waals surface area contributed by atoms with Gasteiger partial charge in [0.2, 0.25) is 0 Å². The molecule has 0 saturated carbocycles. The second-order valence-corrected chi connectivity index (χ2v) is 5.89. The summed E-state index contributed by atoms with van der Waals surface area (Å²) in [6.07, 6.45) is 0. The number of hydrogen-bond donors (Lipinski definition) is 1. The molecule has 0 aliphatic carbocycles. The number of benzene rings is 1. The summed E-state index contributed by atoms with van der Waals surface area (Å²) in [5.74, 6) is 0. The molecule has 2 aromatic rings. The van der Waals surface area contributed by atoms with Crippen LogP contribution in [0.15, 0.2) is 33.4 Å². The number of rotatable bonds is 3. The van der Waals surface area contributed by atoms with E-state index in [0.717, 1.165) is 9.47 Å². The first-order chi connectivity index (χ1) is 8.72. The molecule has 0 atom stereocenters. The maximum absolute atomic E-state index is 8.93. The molecule has 0 amide bonds. The van der Waals surface area contributed by atoms with Gasteiger partial charge in [0, 0.05) is 12.2 Å². The number of thiophene rings is 1. The highest BCUT2D eigenvalue weighted by atomic mass is 79.9. The summed E-state index contributed by atoms with van der Waals surface area (Å²) < 4.78 is 1.09. The van der Waals surface area contributed by atoms with Crippen molar-refractivity contribution in [2.24, 2.45) is 0 Å². The Balaban J connectivity index is 2.11. The summed E-state index contributed by atoms with van der Waals surface area (Å²) in [5.41, 5.74) is 2.82. The maximum Gasteiger partial charge on any atom is 0.101 e. The molecule has 18 heavy (non-hydrogen) atoms. The lowest BCUT2D eigenvalue weighted by Crippen LogP contribution is -1.98. The Morgan fingerprint density at radius 1 is 1.17 bits per heavy atom. The fraction of sp³-hybridized carbons (Fsp3) is 0.0769. The molecule has 1 aromatic carbocycles. The van der Waals surface area contributed by atoms with Gasteiger partial charge in [-0.2, -0.15) is 10.5 Å². The van der Waals surface area contributed by atoms with Crippen molar-refractivity contribution >= 4 is 33.0 Å². The number of nitrogens with one attached hydrogen (secondary N) is 1. The van der Waals surface area contributed by atoms with Gasteiger partial charge in [-0.1, -0.05) is 0 Å². The lowest BCUT2D eigenvalue weighted by Gasteiger charge is -2.05. The normalized spacial score (nSPS) is 9.50. The Hall–Kier alpha value is -1.82. The lowest BCUT2D eigenvalue weighted by molar-refractivity contribution is 1.16. The van der Waals surface area contributed by atoms with Crippen LogP contribution < -0.4 is 5.32 Å². The van der Waals surface area contributed by atoms with E-state index in [4.69, 9.17) is 10.5 Å². The van der Waals surface area contributed by atoms with Crippen molar-refractivity contribution in [3.63, 3.8) is 0 Å². The van der Waals surface area contributed by atoms with E-state index < -0.39 is 0 Å². The van der Waals surface area contributed by atoms with Crippen molar-refractivity contribution in [2.75, 3.05) is 5.32 Å². The van der Waals surface area contributed by atoms with E-state index in [1.807, 2.05) is 18.2 Å². The van der Waals surface area contributed by atoms with Gasteiger partial charge in [0.25, 0.3) is 0 Å². The summed E-state index contributed by atoms with van der Waals surface area (Å²) in [4.78, 5) is 0. The van der Waals surface area contributed by atoms with Crippen LogP contribution in [-0.2, 0) is 6.54 Å². The molecule has 1 N–H and O–H groups in total. The SMILES string of the molecule is N#Cc1ccc(NCc2csc(Br)c2)cc1C#N. The molecule has 1 aromatic heterocycles. The summed E-state index contributed by atoms with van der Waals surface area (Å²) in [6.45, 7) is 0.693. The molecule has 0 aliphatic heterocycles. The van der Waals surface area contributed by atoms with Crippen LogP contribution in [0.3, 0.4) is 0 Å². The van der Waals surface area contributed by atoms with Crippen LogP contribution in [0, 0.1) is 22.7 Å². The molecule has 0 aliphatic rings.